The molecule has 3 aromatic rings. The Hall–Kier alpha value is -3.42. The number of aryl methyl sites for hydroxylation is 2. The third-order valence-electron chi connectivity index (χ3n) is 4.12. The molecule has 0 saturated carbocycles. The van der Waals surface area contributed by atoms with Crippen molar-refractivity contribution in [2.24, 2.45) is 0 Å². The summed E-state index contributed by atoms with van der Waals surface area (Å²) < 4.78 is 39.7. The van der Waals surface area contributed by atoms with Crippen LogP contribution in [0.4, 0.5) is 18.9 Å². The molecular weight excluding hydrogens is 371 g/mol. The third-order valence-corrected chi connectivity index (χ3v) is 4.12. The van der Waals surface area contributed by atoms with Gasteiger partial charge in [-0.3, -0.25) is 14.6 Å². The van der Waals surface area contributed by atoms with Crippen LogP contribution in [-0.2, 0) is 4.79 Å². The zero-order valence-electron chi connectivity index (χ0n) is 15.1. The average molecular weight is 387 g/mol. The first-order valence-electron chi connectivity index (χ1n) is 8.36. The van der Waals surface area contributed by atoms with E-state index in [1.807, 2.05) is 25.1 Å². The number of aromatic nitrogens is 1. The molecule has 0 aliphatic carbocycles. The molecule has 28 heavy (non-hydrogen) atoms. The number of nitrogens with zero attached hydrogens (tertiary/aromatic N) is 1. The van der Waals surface area contributed by atoms with Crippen molar-refractivity contribution in [3.63, 3.8) is 0 Å². The Morgan fingerprint density at radius 2 is 1.75 bits per heavy atom. The molecule has 2 aromatic carbocycles. The van der Waals surface area contributed by atoms with Gasteiger partial charge in [-0.25, -0.2) is 13.2 Å². The number of pyridine rings is 1. The van der Waals surface area contributed by atoms with Gasteiger partial charge in [0.25, 0.3) is 5.91 Å². The van der Waals surface area contributed by atoms with Crippen LogP contribution in [0.2, 0.25) is 0 Å². The number of anilines is 1. The van der Waals surface area contributed by atoms with Crippen LogP contribution in [0.15, 0.2) is 36.4 Å². The van der Waals surface area contributed by atoms with Crippen molar-refractivity contribution in [1.29, 1.82) is 0 Å². The molecule has 0 unspecified atom stereocenters. The van der Waals surface area contributed by atoms with E-state index < -0.39 is 41.5 Å². The molecule has 0 aliphatic heterocycles. The Labute approximate surface area is 158 Å². The van der Waals surface area contributed by atoms with E-state index in [9.17, 15) is 22.8 Å². The Morgan fingerprint density at radius 3 is 2.50 bits per heavy atom. The lowest BCUT2D eigenvalue weighted by Crippen LogP contribution is -2.33. The predicted molar refractivity (Wildman–Crippen MR) is 98.5 cm³/mol. The van der Waals surface area contributed by atoms with Gasteiger partial charge in [0.1, 0.15) is 0 Å². The first-order chi connectivity index (χ1) is 13.3. The molecule has 0 spiro atoms. The molecule has 0 fully saturated rings. The summed E-state index contributed by atoms with van der Waals surface area (Å²) in [5, 5.41) is 5.27. The molecule has 0 saturated heterocycles. The molecule has 0 radical (unpaired) electrons. The number of amides is 2. The van der Waals surface area contributed by atoms with Crippen LogP contribution in [-0.4, -0.2) is 23.3 Å². The SMILES string of the molecule is Cc1ccc2nc(C)c(C(=O)NCC(=O)Nc3ccc(F)c(F)c3F)cc2c1. The Bertz CT molecular complexity index is 1100. The van der Waals surface area contributed by atoms with Crippen LogP contribution in [0.25, 0.3) is 10.9 Å². The van der Waals surface area contributed by atoms with Crippen molar-refractivity contribution in [2.45, 2.75) is 13.8 Å². The van der Waals surface area contributed by atoms with Crippen molar-refractivity contribution in [3.05, 3.63) is 70.7 Å². The monoisotopic (exact) mass is 387 g/mol. The zero-order chi connectivity index (χ0) is 20.4. The van der Waals surface area contributed by atoms with Crippen LogP contribution in [0, 0.1) is 31.3 Å². The quantitative estimate of drug-likeness (QED) is 0.672. The van der Waals surface area contributed by atoms with Gasteiger partial charge in [-0.05, 0) is 44.2 Å². The van der Waals surface area contributed by atoms with Gasteiger partial charge in [-0.15, -0.1) is 0 Å². The van der Waals surface area contributed by atoms with E-state index in [1.165, 1.54) is 0 Å². The maximum absolute atomic E-state index is 13.6. The summed E-state index contributed by atoms with van der Waals surface area (Å²) in [7, 11) is 0. The van der Waals surface area contributed by atoms with E-state index in [4.69, 9.17) is 0 Å². The fraction of sp³-hybridized carbons (Fsp3) is 0.150. The molecule has 1 aromatic heterocycles. The molecular formula is C20H16F3N3O2. The molecule has 5 nitrogen and oxygen atoms in total. The topological polar surface area (TPSA) is 71.1 Å². The van der Waals surface area contributed by atoms with Crippen LogP contribution >= 0.6 is 0 Å². The lowest BCUT2D eigenvalue weighted by Gasteiger charge is -2.10. The molecule has 8 heteroatoms. The number of hydrogen-bond acceptors (Lipinski definition) is 3. The number of rotatable bonds is 4. The van der Waals surface area contributed by atoms with Gasteiger partial charge in [0.05, 0.1) is 29.0 Å². The van der Waals surface area contributed by atoms with Crippen LogP contribution < -0.4 is 10.6 Å². The first-order valence-corrected chi connectivity index (χ1v) is 8.36. The summed E-state index contributed by atoms with van der Waals surface area (Å²) in [6, 6.07) is 8.91. The normalized spacial score (nSPS) is 10.8. The molecule has 1 heterocycles. The smallest absolute Gasteiger partial charge is 0.253 e. The molecule has 3 rings (SSSR count). The summed E-state index contributed by atoms with van der Waals surface area (Å²) in [6.45, 7) is 3.11. The van der Waals surface area contributed by atoms with Crippen molar-refractivity contribution in [2.75, 3.05) is 11.9 Å². The summed E-state index contributed by atoms with van der Waals surface area (Å²) in [5.41, 5.74) is 2.02. The maximum atomic E-state index is 13.6. The predicted octanol–water partition coefficient (Wildman–Crippen LogP) is 3.64. The number of halogens is 3. The lowest BCUT2D eigenvalue weighted by molar-refractivity contribution is -0.115. The molecule has 2 N–H and O–H groups in total. The van der Waals surface area contributed by atoms with Gasteiger partial charge >= 0.3 is 0 Å². The number of carbonyl (C=O) groups excluding carboxylic acids is 2. The molecule has 2 amide bonds. The van der Waals surface area contributed by atoms with Crippen LogP contribution in [0.5, 0.6) is 0 Å². The second kappa shape index (κ2) is 7.67. The Balaban J connectivity index is 1.70. The largest absolute Gasteiger partial charge is 0.343 e. The van der Waals surface area contributed by atoms with Crippen LogP contribution in [0.3, 0.4) is 0 Å². The van der Waals surface area contributed by atoms with Crippen molar-refractivity contribution in [3.8, 4) is 0 Å². The van der Waals surface area contributed by atoms with Gasteiger partial charge in [-0.2, -0.15) is 0 Å². The van der Waals surface area contributed by atoms with E-state index in [-0.39, 0.29) is 0 Å². The lowest BCUT2D eigenvalue weighted by atomic mass is 10.1. The standard InChI is InChI=1S/C20H16F3N3O2/c1-10-3-5-15-12(7-10)8-13(11(2)25-15)20(28)24-9-17(27)26-16-6-4-14(21)18(22)19(16)23/h3-8H,9H2,1-2H3,(H,24,28)(H,26,27). The van der Waals surface area contributed by atoms with Crippen molar-refractivity contribution < 1.29 is 22.8 Å². The van der Waals surface area contributed by atoms with Gasteiger partial charge in [-0.1, -0.05) is 11.6 Å². The van der Waals surface area contributed by atoms with Gasteiger partial charge in [0.2, 0.25) is 5.91 Å². The number of benzene rings is 2. The Kier molecular flexibility index (Phi) is 5.30. The minimum Gasteiger partial charge on any atom is -0.343 e. The molecule has 144 valence electrons. The summed E-state index contributed by atoms with van der Waals surface area (Å²) >= 11 is 0. The number of hydrogen-bond donors (Lipinski definition) is 2. The van der Waals surface area contributed by atoms with Gasteiger partial charge in [0, 0.05) is 5.39 Å². The van der Waals surface area contributed by atoms with Crippen molar-refractivity contribution >= 4 is 28.4 Å². The summed E-state index contributed by atoms with van der Waals surface area (Å²) in [4.78, 5) is 28.7. The molecule has 0 atom stereocenters. The second-order valence-electron chi connectivity index (χ2n) is 6.27. The highest BCUT2D eigenvalue weighted by Crippen LogP contribution is 2.20. The highest BCUT2D eigenvalue weighted by Gasteiger charge is 2.17. The Morgan fingerprint density at radius 1 is 1.00 bits per heavy atom. The fourth-order valence-corrected chi connectivity index (χ4v) is 2.69. The highest BCUT2D eigenvalue weighted by atomic mass is 19.2. The van der Waals surface area contributed by atoms with Gasteiger partial charge in [0.15, 0.2) is 17.5 Å². The minimum absolute atomic E-state index is 0.296. The number of fused-ring (bicyclic) bond motifs is 1. The van der Waals surface area contributed by atoms with E-state index in [0.29, 0.717) is 17.3 Å². The van der Waals surface area contributed by atoms with Crippen LogP contribution in [0.1, 0.15) is 21.6 Å². The summed E-state index contributed by atoms with van der Waals surface area (Å²) in [5.74, 6) is -5.88. The number of nitrogens with one attached hydrogen (secondary N) is 2. The fourth-order valence-electron chi connectivity index (χ4n) is 2.69. The first kappa shape index (κ1) is 19.3. The maximum Gasteiger partial charge on any atom is 0.253 e. The summed E-state index contributed by atoms with van der Waals surface area (Å²) in [6.07, 6.45) is 0. The third kappa shape index (κ3) is 3.95. The van der Waals surface area contributed by atoms with E-state index in [2.05, 4.69) is 15.6 Å². The highest BCUT2D eigenvalue weighted by molar-refractivity contribution is 6.01. The van der Waals surface area contributed by atoms with Gasteiger partial charge < -0.3 is 10.6 Å². The second-order valence-corrected chi connectivity index (χ2v) is 6.27. The number of carbonyl (C=O) groups is 2. The molecule has 0 bridgehead atoms. The van der Waals surface area contributed by atoms with E-state index >= 15 is 0 Å². The zero-order valence-corrected chi connectivity index (χ0v) is 15.1. The van der Waals surface area contributed by atoms with E-state index in [1.54, 1.807) is 13.0 Å². The minimum atomic E-state index is -1.69. The van der Waals surface area contributed by atoms with Crippen molar-refractivity contribution in [1.82, 2.24) is 10.3 Å². The van der Waals surface area contributed by atoms with E-state index in [0.717, 1.165) is 22.5 Å². The average Bonchev–Trinajstić information content (AvgIpc) is 2.66. The molecule has 0 aliphatic rings.